The molecule has 7 heteroatoms. The first-order valence-electron chi connectivity index (χ1n) is 7.76. The van der Waals surface area contributed by atoms with Crippen LogP contribution in [0.3, 0.4) is 0 Å². The second kappa shape index (κ2) is 7.99. The van der Waals surface area contributed by atoms with Crippen molar-refractivity contribution in [1.82, 2.24) is 4.72 Å². The topological polar surface area (TPSA) is 72.5 Å². The largest absolute Gasteiger partial charge is 0.465 e. The van der Waals surface area contributed by atoms with Crippen LogP contribution in [-0.2, 0) is 14.8 Å². The predicted molar refractivity (Wildman–Crippen MR) is 97.3 cm³/mol. The number of halogens is 1. The SMILES string of the molecule is CCC(NS(=O)(=O)c1ccc(Cl)c(C(=O)OC)c1)c1ccccc1C. The Bertz CT molecular complexity index is 880. The molecule has 2 aromatic rings. The molecule has 2 rings (SSSR count). The van der Waals surface area contributed by atoms with Crippen molar-refractivity contribution in [2.45, 2.75) is 31.2 Å². The molecule has 134 valence electrons. The minimum atomic E-state index is -3.83. The van der Waals surface area contributed by atoms with Gasteiger partial charge in [0.25, 0.3) is 0 Å². The fraction of sp³-hybridized carbons (Fsp3) is 0.278. The van der Waals surface area contributed by atoms with Crippen LogP contribution in [-0.4, -0.2) is 21.5 Å². The molecular formula is C18H20ClNO4S. The molecule has 0 aromatic heterocycles. The summed E-state index contributed by atoms with van der Waals surface area (Å²) >= 11 is 5.95. The number of hydrogen-bond acceptors (Lipinski definition) is 4. The van der Waals surface area contributed by atoms with E-state index in [2.05, 4.69) is 9.46 Å². The van der Waals surface area contributed by atoms with Crippen LogP contribution in [0.2, 0.25) is 5.02 Å². The van der Waals surface area contributed by atoms with E-state index in [1.165, 1.54) is 25.3 Å². The average Bonchev–Trinajstić information content (AvgIpc) is 2.60. The number of benzene rings is 2. The number of esters is 1. The maximum Gasteiger partial charge on any atom is 0.339 e. The van der Waals surface area contributed by atoms with E-state index in [-0.39, 0.29) is 21.5 Å². The first-order chi connectivity index (χ1) is 11.8. The van der Waals surface area contributed by atoms with E-state index < -0.39 is 16.0 Å². The van der Waals surface area contributed by atoms with Crippen LogP contribution in [0.1, 0.15) is 40.9 Å². The van der Waals surface area contributed by atoms with Crippen molar-refractivity contribution in [1.29, 1.82) is 0 Å². The van der Waals surface area contributed by atoms with E-state index in [9.17, 15) is 13.2 Å². The molecule has 0 bridgehead atoms. The molecule has 0 radical (unpaired) electrons. The first kappa shape index (κ1) is 19.4. The van der Waals surface area contributed by atoms with Crippen molar-refractivity contribution >= 4 is 27.6 Å². The van der Waals surface area contributed by atoms with Crippen LogP contribution in [0, 0.1) is 6.92 Å². The summed E-state index contributed by atoms with van der Waals surface area (Å²) in [5.74, 6) is -0.687. The van der Waals surface area contributed by atoms with Gasteiger partial charge in [-0.1, -0.05) is 42.8 Å². The summed E-state index contributed by atoms with van der Waals surface area (Å²) in [6.45, 7) is 3.84. The molecule has 0 aliphatic heterocycles. The van der Waals surface area contributed by atoms with Gasteiger partial charge < -0.3 is 4.74 Å². The zero-order valence-electron chi connectivity index (χ0n) is 14.2. The van der Waals surface area contributed by atoms with Crippen LogP contribution in [0.25, 0.3) is 0 Å². The number of rotatable bonds is 6. The Morgan fingerprint density at radius 1 is 1.24 bits per heavy atom. The molecule has 1 N–H and O–H groups in total. The number of methoxy groups -OCH3 is 1. The molecule has 5 nitrogen and oxygen atoms in total. The van der Waals surface area contributed by atoms with Gasteiger partial charge in [0, 0.05) is 6.04 Å². The molecule has 0 spiro atoms. The van der Waals surface area contributed by atoms with Gasteiger partial charge in [0.05, 0.1) is 22.6 Å². The van der Waals surface area contributed by atoms with E-state index in [1.807, 2.05) is 38.1 Å². The molecule has 0 aliphatic carbocycles. The third-order valence-electron chi connectivity index (χ3n) is 3.92. The summed E-state index contributed by atoms with van der Waals surface area (Å²) in [6.07, 6.45) is 0.585. The van der Waals surface area contributed by atoms with Gasteiger partial charge in [-0.2, -0.15) is 0 Å². The molecule has 0 saturated carbocycles. The fourth-order valence-electron chi connectivity index (χ4n) is 2.54. The maximum absolute atomic E-state index is 12.8. The summed E-state index contributed by atoms with van der Waals surface area (Å²) < 4.78 is 32.8. The van der Waals surface area contributed by atoms with Gasteiger partial charge in [-0.3, -0.25) is 0 Å². The number of aryl methyl sites for hydroxylation is 1. The predicted octanol–water partition coefficient (Wildman–Crippen LogP) is 3.86. The Hall–Kier alpha value is -1.89. The van der Waals surface area contributed by atoms with Gasteiger partial charge in [0.2, 0.25) is 10.0 Å². The highest BCUT2D eigenvalue weighted by atomic mass is 35.5. The van der Waals surface area contributed by atoms with Gasteiger partial charge >= 0.3 is 5.97 Å². The summed E-state index contributed by atoms with van der Waals surface area (Å²) in [6, 6.07) is 11.2. The lowest BCUT2D eigenvalue weighted by atomic mass is 10.0. The standard InChI is InChI=1S/C18H20ClNO4S/c1-4-17(14-8-6-5-7-12(14)2)20-25(22,23)13-9-10-16(19)15(11-13)18(21)24-3/h5-11,17,20H,4H2,1-3H3. The number of hydrogen-bond donors (Lipinski definition) is 1. The van der Waals surface area contributed by atoms with E-state index in [1.54, 1.807) is 0 Å². The highest BCUT2D eigenvalue weighted by Gasteiger charge is 2.23. The molecule has 0 heterocycles. The van der Waals surface area contributed by atoms with Crippen molar-refractivity contribution in [3.63, 3.8) is 0 Å². The number of carbonyl (C=O) groups excluding carboxylic acids is 1. The molecule has 0 saturated heterocycles. The zero-order chi connectivity index (χ0) is 18.6. The molecule has 2 aromatic carbocycles. The number of sulfonamides is 1. The molecule has 1 atom stereocenters. The third kappa shape index (κ3) is 4.39. The zero-order valence-corrected chi connectivity index (χ0v) is 15.8. The van der Waals surface area contributed by atoms with Crippen LogP contribution < -0.4 is 4.72 Å². The van der Waals surface area contributed by atoms with Crippen LogP contribution >= 0.6 is 11.6 Å². The Balaban J connectivity index is 2.38. The number of carbonyl (C=O) groups is 1. The van der Waals surface area contributed by atoms with Crippen molar-refractivity contribution in [2.75, 3.05) is 7.11 Å². The number of ether oxygens (including phenoxy) is 1. The Kier molecular flexibility index (Phi) is 6.21. The van der Waals surface area contributed by atoms with Crippen LogP contribution in [0.5, 0.6) is 0 Å². The smallest absolute Gasteiger partial charge is 0.339 e. The van der Waals surface area contributed by atoms with Crippen LogP contribution in [0.4, 0.5) is 0 Å². The van der Waals surface area contributed by atoms with E-state index in [0.29, 0.717) is 6.42 Å². The normalized spacial score (nSPS) is 12.6. The quantitative estimate of drug-likeness (QED) is 0.771. The van der Waals surface area contributed by atoms with Crippen molar-refractivity contribution in [2.24, 2.45) is 0 Å². The highest BCUT2D eigenvalue weighted by molar-refractivity contribution is 7.89. The lowest BCUT2D eigenvalue weighted by Crippen LogP contribution is -2.29. The monoisotopic (exact) mass is 381 g/mol. The van der Waals surface area contributed by atoms with E-state index in [0.717, 1.165) is 11.1 Å². The highest BCUT2D eigenvalue weighted by Crippen LogP contribution is 2.25. The Labute approximate surface area is 153 Å². The van der Waals surface area contributed by atoms with Gasteiger partial charge in [0.15, 0.2) is 0 Å². The minimum absolute atomic E-state index is 0.0102. The molecule has 1 unspecified atom stereocenters. The van der Waals surface area contributed by atoms with Crippen molar-refractivity contribution in [3.05, 3.63) is 64.2 Å². The van der Waals surface area contributed by atoms with Gasteiger partial charge in [0.1, 0.15) is 0 Å². The average molecular weight is 382 g/mol. The first-order valence-corrected chi connectivity index (χ1v) is 9.62. The van der Waals surface area contributed by atoms with Gasteiger partial charge in [-0.15, -0.1) is 0 Å². The maximum atomic E-state index is 12.8. The van der Waals surface area contributed by atoms with Crippen molar-refractivity contribution < 1.29 is 17.9 Å². The molecule has 0 amide bonds. The van der Waals surface area contributed by atoms with Gasteiger partial charge in [-0.05, 0) is 42.7 Å². The summed E-state index contributed by atoms with van der Waals surface area (Å²) in [5.41, 5.74) is 1.93. The van der Waals surface area contributed by atoms with Gasteiger partial charge in [-0.25, -0.2) is 17.9 Å². The van der Waals surface area contributed by atoms with E-state index >= 15 is 0 Å². The lowest BCUT2D eigenvalue weighted by molar-refractivity contribution is 0.0600. The molecule has 0 aliphatic rings. The second-order valence-electron chi connectivity index (χ2n) is 5.57. The fourth-order valence-corrected chi connectivity index (χ4v) is 4.06. The summed E-state index contributed by atoms with van der Waals surface area (Å²) in [4.78, 5) is 11.7. The Morgan fingerprint density at radius 3 is 2.52 bits per heavy atom. The van der Waals surface area contributed by atoms with Crippen LogP contribution in [0.15, 0.2) is 47.4 Å². The van der Waals surface area contributed by atoms with E-state index in [4.69, 9.17) is 11.6 Å². The summed E-state index contributed by atoms with van der Waals surface area (Å²) in [5, 5.41) is 0.136. The Morgan fingerprint density at radius 2 is 1.92 bits per heavy atom. The molecule has 25 heavy (non-hydrogen) atoms. The second-order valence-corrected chi connectivity index (χ2v) is 7.69. The summed E-state index contributed by atoms with van der Waals surface area (Å²) in [7, 11) is -2.62. The molecular weight excluding hydrogens is 362 g/mol. The molecule has 0 fully saturated rings. The van der Waals surface area contributed by atoms with Crippen molar-refractivity contribution in [3.8, 4) is 0 Å². The third-order valence-corrected chi connectivity index (χ3v) is 5.72. The minimum Gasteiger partial charge on any atom is -0.465 e. The number of nitrogens with one attached hydrogen (secondary N) is 1. The lowest BCUT2D eigenvalue weighted by Gasteiger charge is -2.19.